The van der Waals surface area contributed by atoms with Gasteiger partial charge in [-0.25, -0.2) is 0 Å². The molecule has 1 aromatic heterocycles. The van der Waals surface area contributed by atoms with Gasteiger partial charge in [-0.15, -0.1) is 0 Å². The van der Waals surface area contributed by atoms with Crippen molar-refractivity contribution in [3.63, 3.8) is 0 Å². The average Bonchev–Trinajstić information content (AvgIpc) is 3.11. The minimum Gasteiger partial charge on any atom is -0.375 e. The van der Waals surface area contributed by atoms with Gasteiger partial charge in [-0.1, -0.05) is 0 Å². The third-order valence-electron chi connectivity index (χ3n) is 6.78. The van der Waals surface area contributed by atoms with Gasteiger partial charge in [0, 0.05) is 52.6 Å². The maximum atomic E-state index is 12.6. The summed E-state index contributed by atoms with van der Waals surface area (Å²) in [5, 5.41) is 0. The van der Waals surface area contributed by atoms with Gasteiger partial charge in [-0.2, -0.15) is 0 Å². The predicted molar refractivity (Wildman–Crippen MR) is 102 cm³/mol. The minimum absolute atomic E-state index is 0.185. The number of amides is 1. The molecule has 0 N–H and O–H groups in total. The van der Waals surface area contributed by atoms with Crippen molar-refractivity contribution in [3.8, 4) is 0 Å². The molecule has 4 heterocycles. The van der Waals surface area contributed by atoms with E-state index in [1.54, 1.807) is 0 Å². The van der Waals surface area contributed by atoms with Gasteiger partial charge < -0.3 is 19.1 Å². The van der Waals surface area contributed by atoms with Crippen LogP contribution in [0, 0.1) is 5.92 Å². The molecule has 144 valence electrons. The highest BCUT2D eigenvalue weighted by atomic mass is 16.5. The van der Waals surface area contributed by atoms with Gasteiger partial charge in [0.2, 0.25) is 0 Å². The molecule has 0 bridgehead atoms. The van der Waals surface area contributed by atoms with E-state index >= 15 is 0 Å². The lowest BCUT2D eigenvalue weighted by molar-refractivity contribution is -0.112. The molecular weight excluding hydrogens is 326 g/mol. The fourth-order valence-electron chi connectivity index (χ4n) is 4.98. The Hall–Kier alpha value is -1.33. The number of ether oxygens (including phenoxy) is 1. The Balaban J connectivity index is 1.22. The van der Waals surface area contributed by atoms with Gasteiger partial charge in [0.25, 0.3) is 5.91 Å². The third-order valence-corrected chi connectivity index (χ3v) is 6.78. The summed E-state index contributed by atoms with van der Waals surface area (Å²) in [6.45, 7) is 6.33. The molecule has 3 fully saturated rings. The highest BCUT2D eigenvalue weighted by Gasteiger charge is 2.37. The lowest BCUT2D eigenvalue weighted by Gasteiger charge is -2.45. The van der Waals surface area contributed by atoms with Crippen LogP contribution in [-0.4, -0.2) is 65.2 Å². The SMILES string of the molecule is Cn1cccc1C(=O)N1CCC(CN2CCC3(CCCCO3)CC2)CC1. The van der Waals surface area contributed by atoms with Crippen LogP contribution in [-0.2, 0) is 11.8 Å². The summed E-state index contributed by atoms with van der Waals surface area (Å²) >= 11 is 0. The Morgan fingerprint density at radius 2 is 1.92 bits per heavy atom. The molecule has 1 aromatic rings. The molecule has 0 unspecified atom stereocenters. The van der Waals surface area contributed by atoms with Gasteiger partial charge in [0.1, 0.15) is 5.69 Å². The summed E-state index contributed by atoms with van der Waals surface area (Å²) in [4.78, 5) is 17.3. The molecule has 4 rings (SSSR count). The van der Waals surface area contributed by atoms with Crippen molar-refractivity contribution in [2.45, 2.75) is 50.5 Å². The molecule has 0 aliphatic carbocycles. The first-order valence-corrected chi connectivity index (χ1v) is 10.4. The molecule has 26 heavy (non-hydrogen) atoms. The summed E-state index contributed by atoms with van der Waals surface area (Å²) in [6.07, 6.45) is 10.5. The second kappa shape index (κ2) is 7.73. The van der Waals surface area contributed by atoms with Crippen LogP contribution in [0.3, 0.4) is 0 Å². The van der Waals surface area contributed by atoms with E-state index in [2.05, 4.69) is 4.90 Å². The van der Waals surface area contributed by atoms with Gasteiger partial charge in [0.15, 0.2) is 0 Å². The van der Waals surface area contributed by atoms with Crippen molar-refractivity contribution >= 4 is 5.91 Å². The predicted octanol–water partition coefficient (Wildman–Crippen LogP) is 2.91. The third kappa shape index (κ3) is 3.84. The monoisotopic (exact) mass is 359 g/mol. The van der Waals surface area contributed by atoms with E-state index in [1.165, 1.54) is 51.7 Å². The second-order valence-corrected chi connectivity index (χ2v) is 8.53. The lowest BCUT2D eigenvalue weighted by atomic mass is 9.84. The number of carbonyl (C=O) groups excluding carboxylic acids is 1. The molecule has 0 aromatic carbocycles. The summed E-state index contributed by atoms with van der Waals surface area (Å²) < 4.78 is 8.08. The van der Waals surface area contributed by atoms with E-state index < -0.39 is 0 Å². The van der Waals surface area contributed by atoms with E-state index in [0.29, 0.717) is 0 Å². The molecule has 3 saturated heterocycles. The molecule has 1 amide bonds. The maximum Gasteiger partial charge on any atom is 0.270 e. The van der Waals surface area contributed by atoms with E-state index in [-0.39, 0.29) is 11.5 Å². The van der Waals surface area contributed by atoms with Gasteiger partial charge >= 0.3 is 0 Å². The summed E-state index contributed by atoms with van der Waals surface area (Å²) in [7, 11) is 1.94. The number of nitrogens with zero attached hydrogens (tertiary/aromatic N) is 3. The van der Waals surface area contributed by atoms with Crippen molar-refractivity contribution in [3.05, 3.63) is 24.0 Å². The van der Waals surface area contributed by atoms with Crippen LogP contribution >= 0.6 is 0 Å². The zero-order valence-electron chi connectivity index (χ0n) is 16.2. The highest BCUT2D eigenvalue weighted by Crippen LogP contribution is 2.35. The topological polar surface area (TPSA) is 37.7 Å². The maximum absolute atomic E-state index is 12.6. The smallest absolute Gasteiger partial charge is 0.270 e. The Morgan fingerprint density at radius 3 is 2.54 bits per heavy atom. The van der Waals surface area contributed by atoms with Crippen molar-refractivity contribution < 1.29 is 9.53 Å². The van der Waals surface area contributed by atoms with Crippen LogP contribution in [0.2, 0.25) is 0 Å². The minimum atomic E-state index is 0.185. The lowest BCUT2D eigenvalue weighted by Crippen LogP contribution is -2.49. The highest BCUT2D eigenvalue weighted by molar-refractivity contribution is 5.92. The molecule has 0 saturated carbocycles. The van der Waals surface area contributed by atoms with E-state index in [1.807, 2.05) is 34.8 Å². The quantitative estimate of drug-likeness (QED) is 0.833. The Kier molecular flexibility index (Phi) is 5.37. The standard InChI is InChI=1S/C21H33N3O2/c1-22-11-4-5-19(22)20(25)24-12-6-18(7-13-24)17-23-14-9-21(10-15-23)8-2-3-16-26-21/h4-5,11,18H,2-3,6-10,12-17H2,1H3. The first-order valence-electron chi connectivity index (χ1n) is 10.4. The summed E-state index contributed by atoms with van der Waals surface area (Å²) in [5.74, 6) is 0.916. The normalized spacial score (nSPS) is 24.9. The first-order chi connectivity index (χ1) is 12.7. The number of hydrogen-bond acceptors (Lipinski definition) is 3. The van der Waals surface area contributed by atoms with Crippen LogP contribution in [0.15, 0.2) is 18.3 Å². The Morgan fingerprint density at radius 1 is 1.15 bits per heavy atom. The number of aromatic nitrogens is 1. The fraction of sp³-hybridized carbons (Fsp3) is 0.762. The van der Waals surface area contributed by atoms with Crippen LogP contribution < -0.4 is 0 Å². The second-order valence-electron chi connectivity index (χ2n) is 8.53. The first kappa shape index (κ1) is 18.1. The van der Waals surface area contributed by atoms with Crippen LogP contribution in [0.4, 0.5) is 0 Å². The Labute approximate surface area is 157 Å². The van der Waals surface area contributed by atoms with Crippen LogP contribution in [0.1, 0.15) is 55.4 Å². The van der Waals surface area contributed by atoms with Gasteiger partial charge in [-0.05, 0) is 63.0 Å². The number of aryl methyl sites for hydroxylation is 1. The fourth-order valence-corrected chi connectivity index (χ4v) is 4.98. The molecule has 5 heteroatoms. The molecular formula is C21H33N3O2. The molecule has 3 aliphatic rings. The molecule has 3 aliphatic heterocycles. The number of piperidine rings is 2. The number of likely N-dealkylation sites (tertiary alicyclic amines) is 2. The zero-order chi connectivity index (χ0) is 18.0. The molecule has 0 radical (unpaired) electrons. The van der Waals surface area contributed by atoms with Crippen LogP contribution in [0.25, 0.3) is 0 Å². The number of carbonyl (C=O) groups is 1. The molecule has 1 spiro atoms. The van der Waals surface area contributed by atoms with E-state index in [9.17, 15) is 4.79 Å². The van der Waals surface area contributed by atoms with Crippen molar-refractivity contribution in [2.75, 3.05) is 39.3 Å². The number of rotatable bonds is 3. The molecule has 0 atom stereocenters. The van der Waals surface area contributed by atoms with E-state index in [4.69, 9.17) is 4.74 Å². The number of hydrogen-bond donors (Lipinski definition) is 0. The molecule has 5 nitrogen and oxygen atoms in total. The van der Waals surface area contributed by atoms with Crippen molar-refractivity contribution in [1.82, 2.24) is 14.4 Å². The van der Waals surface area contributed by atoms with Crippen molar-refractivity contribution in [1.29, 1.82) is 0 Å². The zero-order valence-corrected chi connectivity index (χ0v) is 16.2. The van der Waals surface area contributed by atoms with Gasteiger partial charge in [-0.3, -0.25) is 4.79 Å². The van der Waals surface area contributed by atoms with Crippen molar-refractivity contribution in [2.24, 2.45) is 13.0 Å². The summed E-state index contributed by atoms with van der Waals surface area (Å²) in [5.41, 5.74) is 1.01. The van der Waals surface area contributed by atoms with Gasteiger partial charge in [0.05, 0.1) is 5.60 Å². The van der Waals surface area contributed by atoms with Crippen LogP contribution in [0.5, 0.6) is 0 Å². The Bertz CT molecular complexity index is 603. The van der Waals surface area contributed by atoms with E-state index in [0.717, 1.165) is 44.1 Å². The average molecular weight is 360 g/mol. The summed E-state index contributed by atoms with van der Waals surface area (Å²) in [6, 6.07) is 3.87. The largest absolute Gasteiger partial charge is 0.375 e.